The van der Waals surface area contributed by atoms with Crippen LogP contribution in [0.3, 0.4) is 0 Å². The van der Waals surface area contributed by atoms with Gasteiger partial charge in [-0.1, -0.05) is 12.1 Å². The fourth-order valence-electron chi connectivity index (χ4n) is 1.24. The Hall–Kier alpha value is -0.940. The minimum absolute atomic E-state index is 0. The van der Waals surface area contributed by atoms with E-state index in [0.717, 1.165) is 0 Å². The van der Waals surface area contributed by atoms with E-state index in [2.05, 4.69) is 0 Å². The van der Waals surface area contributed by atoms with Gasteiger partial charge in [0.05, 0.1) is 13.5 Å². The molecule has 92 valence electrons. The van der Waals surface area contributed by atoms with Gasteiger partial charge in [-0.15, -0.1) is 12.4 Å². The maximum absolute atomic E-state index is 12.1. The van der Waals surface area contributed by atoms with Crippen LogP contribution >= 0.6 is 12.4 Å². The molecule has 0 spiro atoms. The van der Waals surface area contributed by atoms with Gasteiger partial charge in [-0.05, 0) is 17.7 Å². The van der Waals surface area contributed by atoms with E-state index in [4.69, 9.17) is 10.5 Å². The third-order valence-electron chi connectivity index (χ3n) is 1.97. The molecule has 0 aliphatic carbocycles. The van der Waals surface area contributed by atoms with E-state index >= 15 is 0 Å². The lowest BCUT2D eigenvalue weighted by Crippen LogP contribution is -2.20. The summed E-state index contributed by atoms with van der Waals surface area (Å²) in [5, 5.41) is 0. The summed E-state index contributed by atoms with van der Waals surface area (Å²) in [6.07, 6.45) is -5.28. The second-order valence-corrected chi connectivity index (χ2v) is 3.20. The molecule has 1 rings (SSSR count). The second-order valence-electron chi connectivity index (χ2n) is 3.20. The van der Waals surface area contributed by atoms with Gasteiger partial charge in [0.15, 0.2) is 0 Å². The maximum Gasteiger partial charge on any atom is 0.390 e. The molecule has 1 atom stereocenters. The van der Waals surface area contributed by atoms with Crippen molar-refractivity contribution in [1.29, 1.82) is 0 Å². The molecule has 0 saturated carbocycles. The number of halogens is 4. The summed E-state index contributed by atoms with van der Waals surface area (Å²) in [7, 11) is 1.45. The van der Waals surface area contributed by atoms with Crippen LogP contribution in [0.25, 0.3) is 0 Å². The predicted molar refractivity (Wildman–Crippen MR) is 57.8 cm³/mol. The van der Waals surface area contributed by atoms with E-state index in [-0.39, 0.29) is 12.4 Å². The first-order valence-corrected chi connectivity index (χ1v) is 4.38. The first-order chi connectivity index (χ1) is 6.92. The first kappa shape index (κ1) is 15.1. The van der Waals surface area contributed by atoms with E-state index in [1.54, 1.807) is 18.2 Å². The van der Waals surface area contributed by atoms with Crippen molar-refractivity contribution in [2.24, 2.45) is 5.73 Å². The Bertz CT molecular complexity index is 330. The average Bonchev–Trinajstić information content (AvgIpc) is 2.15. The van der Waals surface area contributed by atoms with E-state index < -0.39 is 18.6 Å². The average molecular weight is 256 g/mol. The van der Waals surface area contributed by atoms with Gasteiger partial charge in [0.1, 0.15) is 5.75 Å². The van der Waals surface area contributed by atoms with Crippen LogP contribution in [0.5, 0.6) is 5.75 Å². The Morgan fingerprint density at radius 2 is 2.00 bits per heavy atom. The summed E-state index contributed by atoms with van der Waals surface area (Å²) >= 11 is 0. The van der Waals surface area contributed by atoms with Crippen molar-refractivity contribution in [3.05, 3.63) is 29.8 Å². The summed E-state index contributed by atoms with van der Waals surface area (Å²) in [6, 6.07) is 5.30. The molecule has 0 aliphatic rings. The molecule has 1 aromatic carbocycles. The van der Waals surface area contributed by atoms with Crippen molar-refractivity contribution in [2.45, 2.75) is 18.6 Å². The van der Waals surface area contributed by atoms with Crippen LogP contribution in [0.1, 0.15) is 18.0 Å². The van der Waals surface area contributed by atoms with Gasteiger partial charge >= 0.3 is 6.18 Å². The molecule has 6 heteroatoms. The molecular formula is C10H13ClF3NO. The van der Waals surface area contributed by atoms with Gasteiger partial charge in [0.25, 0.3) is 0 Å². The number of hydrogen-bond acceptors (Lipinski definition) is 2. The van der Waals surface area contributed by atoms with Crippen molar-refractivity contribution in [3.8, 4) is 5.75 Å². The van der Waals surface area contributed by atoms with Gasteiger partial charge in [-0.25, -0.2) is 0 Å². The molecule has 0 unspecified atom stereocenters. The summed E-state index contributed by atoms with van der Waals surface area (Å²) in [5.41, 5.74) is 5.85. The zero-order valence-electron chi connectivity index (χ0n) is 8.62. The van der Waals surface area contributed by atoms with Crippen molar-refractivity contribution in [1.82, 2.24) is 0 Å². The van der Waals surface area contributed by atoms with Crippen LogP contribution in [-0.4, -0.2) is 13.3 Å². The van der Waals surface area contributed by atoms with E-state index in [1.807, 2.05) is 0 Å². The normalized spacial score (nSPS) is 12.8. The number of nitrogens with two attached hydrogens (primary N) is 1. The van der Waals surface area contributed by atoms with Crippen molar-refractivity contribution in [3.63, 3.8) is 0 Å². The lowest BCUT2D eigenvalue weighted by molar-refractivity contribution is -0.138. The predicted octanol–water partition coefficient (Wildman–Crippen LogP) is 3.07. The van der Waals surface area contributed by atoms with E-state index in [0.29, 0.717) is 11.3 Å². The summed E-state index contributed by atoms with van der Waals surface area (Å²) in [5.74, 6) is 0.505. The van der Waals surface area contributed by atoms with E-state index in [9.17, 15) is 13.2 Å². The molecule has 0 fully saturated rings. The number of hydrogen-bond donors (Lipinski definition) is 1. The lowest BCUT2D eigenvalue weighted by atomic mass is 10.0. The van der Waals surface area contributed by atoms with Gasteiger partial charge in [0, 0.05) is 6.04 Å². The zero-order valence-corrected chi connectivity index (χ0v) is 9.44. The third kappa shape index (κ3) is 4.72. The zero-order chi connectivity index (χ0) is 11.5. The van der Waals surface area contributed by atoms with Crippen LogP contribution in [0.4, 0.5) is 13.2 Å². The Labute approximate surface area is 98.0 Å². The van der Waals surface area contributed by atoms with E-state index in [1.165, 1.54) is 13.2 Å². The lowest BCUT2D eigenvalue weighted by Gasteiger charge is -2.14. The number of alkyl halides is 3. The molecule has 0 aliphatic heterocycles. The third-order valence-corrected chi connectivity index (χ3v) is 1.97. The molecule has 0 radical (unpaired) electrons. The minimum Gasteiger partial charge on any atom is -0.497 e. The molecule has 0 aromatic heterocycles. The molecule has 0 heterocycles. The number of methoxy groups -OCH3 is 1. The molecule has 2 N–H and O–H groups in total. The number of ether oxygens (including phenoxy) is 1. The molecule has 1 aromatic rings. The second kappa shape index (κ2) is 5.96. The first-order valence-electron chi connectivity index (χ1n) is 4.38. The highest BCUT2D eigenvalue weighted by Crippen LogP contribution is 2.29. The van der Waals surface area contributed by atoms with Crippen LogP contribution in [-0.2, 0) is 0 Å². The monoisotopic (exact) mass is 255 g/mol. The summed E-state index contributed by atoms with van der Waals surface area (Å²) < 4.78 is 41.1. The number of rotatable bonds is 3. The summed E-state index contributed by atoms with van der Waals surface area (Å²) in [6.45, 7) is 0. The molecule has 16 heavy (non-hydrogen) atoms. The SMILES string of the molecule is COc1cccc([C@H](N)CC(F)(F)F)c1.Cl. The standard InChI is InChI=1S/C10H12F3NO.ClH/c1-15-8-4-2-3-7(5-8)9(14)6-10(11,12)13;/h2-5,9H,6,14H2,1H3;1H/t9-;/m1./s1. The highest BCUT2D eigenvalue weighted by atomic mass is 35.5. The molecule has 0 saturated heterocycles. The topological polar surface area (TPSA) is 35.2 Å². The van der Waals surface area contributed by atoms with Gasteiger partial charge < -0.3 is 10.5 Å². The fraction of sp³-hybridized carbons (Fsp3) is 0.400. The fourth-order valence-corrected chi connectivity index (χ4v) is 1.24. The Balaban J connectivity index is 0.00000225. The highest BCUT2D eigenvalue weighted by molar-refractivity contribution is 5.85. The van der Waals surface area contributed by atoms with Crippen molar-refractivity contribution in [2.75, 3.05) is 7.11 Å². The summed E-state index contributed by atoms with van der Waals surface area (Å²) in [4.78, 5) is 0. The van der Waals surface area contributed by atoms with Gasteiger partial charge in [-0.3, -0.25) is 0 Å². The Morgan fingerprint density at radius 1 is 1.38 bits per heavy atom. The van der Waals surface area contributed by atoms with Crippen LogP contribution < -0.4 is 10.5 Å². The maximum atomic E-state index is 12.1. The largest absolute Gasteiger partial charge is 0.497 e. The van der Waals surface area contributed by atoms with Crippen LogP contribution in [0, 0.1) is 0 Å². The van der Waals surface area contributed by atoms with Gasteiger partial charge in [0.2, 0.25) is 0 Å². The molecule has 0 amide bonds. The van der Waals surface area contributed by atoms with Crippen molar-refractivity contribution < 1.29 is 17.9 Å². The van der Waals surface area contributed by atoms with Crippen LogP contribution in [0.2, 0.25) is 0 Å². The highest BCUT2D eigenvalue weighted by Gasteiger charge is 2.30. The van der Waals surface area contributed by atoms with Crippen LogP contribution in [0.15, 0.2) is 24.3 Å². The Morgan fingerprint density at radius 3 is 2.50 bits per heavy atom. The van der Waals surface area contributed by atoms with Gasteiger partial charge in [-0.2, -0.15) is 13.2 Å². The number of benzene rings is 1. The molecule has 0 bridgehead atoms. The quantitative estimate of drug-likeness (QED) is 0.901. The smallest absolute Gasteiger partial charge is 0.390 e. The molecule has 2 nitrogen and oxygen atoms in total. The van der Waals surface area contributed by atoms with Crippen molar-refractivity contribution >= 4 is 12.4 Å². The minimum atomic E-state index is -4.25. The Kier molecular flexibility index (Phi) is 5.61. The molecular weight excluding hydrogens is 243 g/mol.